The van der Waals surface area contributed by atoms with Gasteiger partial charge in [0.05, 0.1) is 0 Å². The maximum Gasteiger partial charge on any atom is 0.116 e. The van der Waals surface area contributed by atoms with E-state index in [-0.39, 0.29) is 0 Å². The summed E-state index contributed by atoms with van der Waals surface area (Å²) in [5.41, 5.74) is 4.53. The fraction of sp³-hybridized carbons (Fsp3) is 0.455. The van der Waals surface area contributed by atoms with Crippen LogP contribution >= 0.6 is 0 Å². The maximum absolute atomic E-state index is 9.74. The normalized spacial score (nSPS) is 33.8. The minimum atomic E-state index is 0.323. The predicted molar refractivity (Wildman–Crippen MR) is 95.0 cm³/mol. The first-order valence-electron chi connectivity index (χ1n) is 8.74. The van der Waals surface area contributed by atoms with E-state index in [4.69, 9.17) is 0 Å². The van der Waals surface area contributed by atoms with Crippen LogP contribution in [0.4, 0.5) is 0 Å². The van der Waals surface area contributed by atoms with Crippen LogP contribution in [0.15, 0.2) is 35.9 Å². The first-order valence-corrected chi connectivity index (χ1v) is 8.74. The van der Waals surface area contributed by atoms with Crippen LogP contribution in [0.5, 0.6) is 5.75 Å². The van der Waals surface area contributed by atoms with Crippen molar-refractivity contribution in [1.29, 1.82) is 0 Å². The molecule has 1 heteroatoms. The Hall–Kier alpha value is -1.94. The predicted octanol–water partition coefficient (Wildman–Crippen LogP) is 5.28. The van der Waals surface area contributed by atoms with Gasteiger partial charge in [-0.1, -0.05) is 42.7 Å². The fourth-order valence-electron chi connectivity index (χ4n) is 5.20. The Bertz CT molecular complexity index is 758. The number of hydrogen-bond acceptors (Lipinski definition) is 1. The zero-order chi connectivity index (χ0) is 16.0. The molecule has 0 heterocycles. The van der Waals surface area contributed by atoms with E-state index in [1.54, 1.807) is 5.57 Å². The van der Waals surface area contributed by atoms with Gasteiger partial charge < -0.3 is 5.11 Å². The van der Waals surface area contributed by atoms with E-state index in [1.807, 2.05) is 19.1 Å². The molecule has 0 aliphatic heterocycles. The van der Waals surface area contributed by atoms with Crippen molar-refractivity contribution in [3.05, 3.63) is 47.1 Å². The van der Waals surface area contributed by atoms with Crippen LogP contribution in [0.2, 0.25) is 0 Å². The molecule has 1 nitrogen and oxygen atoms in total. The van der Waals surface area contributed by atoms with Crippen LogP contribution in [0, 0.1) is 29.1 Å². The van der Waals surface area contributed by atoms with Crippen molar-refractivity contribution in [2.24, 2.45) is 17.3 Å². The van der Waals surface area contributed by atoms with Gasteiger partial charge in [0.15, 0.2) is 0 Å². The SMILES string of the molecule is CC#CCC1=CC[C@H]2[C@@H]3C=Cc4cc(O)ccc4[C@H]3CC[C@]12C. The summed E-state index contributed by atoms with van der Waals surface area (Å²) in [6.07, 6.45) is 11.7. The van der Waals surface area contributed by atoms with E-state index < -0.39 is 0 Å². The molecular formula is C22H24O. The molecule has 0 spiro atoms. The second kappa shape index (κ2) is 5.31. The Morgan fingerprint density at radius 3 is 3.04 bits per heavy atom. The molecule has 3 aliphatic rings. The van der Waals surface area contributed by atoms with Crippen molar-refractivity contribution in [1.82, 2.24) is 0 Å². The molecule has 1 aromatic rings. The van der Waals surface area contributed by atoms with E-state index in [0.717, 1.165) is 6.42 Å². The summed E-state index contributed by atoms with van der Waals surface area (Å²) in [6, 6.07) is 5.89. The van der Waals surface area contributed by atoms with Gasteiger partial charge in [-0.25, -0.2) is 0 Å². The summed E-state index contributed by atoms with van der Waals surface area (Å²) < 4.78 is 0. The molecule has 0 bridgehead atoms. The molecule has 1 saturated carbocycles. The zero-order valence-electron chi connectivity index (χ0n) is 14.0. The molecule has 23 heavy (non-hydrogen) atoms. The first kappa shape index (κ1) is 14.6. The van der Waals surface area contributed by atoms with Gasteiger partial charge >= 0.3 is 0 Å². The number of phenols is 1. The Morgan fingerprint density at radius 1 is 1.35 bits per heavy atom. The van der Waals surface area contributed by atoms with E-state index in [9.17, 15) is 5.11 Å². The number of allylic oxidation sites excluding steroid dienone is 3. The van der Waals surface area contributed by atoms with E-state index in [0.29, 0.717) is 28.9 Å². The van der Waals surface area contributed by atoms with Crippen LogP contribution in [0.25, 0.3) is 6.08 Å². The summed E-state index contributed by atoms with van der Waals surface area (Å²) >= 11 is 0. The van der Waals surface area contributed by atoms with Crippen LogP contribution in [0.1, 0.15) is 56.6 Å². The highest BCUT2D eigenvalue weighted by molar-refractivity contribution is 5.61. The van der Waals surface area contributed by atoms with Gasteiger partial charge in [0.2, 0.25) is 0 Å². The van der Waals surface area contributed by atoms with Crippen LogP contribution in [0.3, 0.4) is 0 Å². The molecule has 1 fully saturated rings. The van der Waals surface area contributed by atoms with Gasteiger partial charge in [-0.15, -0.1) is 5.92 Å². The minimum Gasteiger partial charge on any atom is -0.508 e. The van der Waals surface area contributed by atoms with Crippen molar-refractivity contribution in [2.75, 3.05) is 0 Å². The Morgan fingerprint density at radius 2 is 2.22 bits per heavy atom. The molecule has 4 rings (SSSR count). The van der Waals surface area contributed by atoms with Gasteiger partial charge in [0, 0.05) is 6.42 Å². The van der Waals surface area contributed by atoms with Crippen LogP contribution < -0.4 is 0 Å². The summed E-state index contributed by atoms with van der Waals surface area (Å²) in [4.78, 5) is 0. The zero-order valence-corrected chi connectivity index (χ0v) is 14.0. The summed E-state index contributed by atoms with van der Waals surface area (Å²) in [7, 11) is 0. The molecule has 0 saturated heterocycles. The highest BCUT2D eigenvalue weighted by atomic mass is 16.3. The van der Waals surface area contributed by atoms with Gasteiger partial charge in [-0.2, -0.15) is 0 Å². The quantitative estimate of drug-likeness (QED) is 0.553. The second-order valence-electron chi connectivity index (χ2n) is 7.49. The van der Waals surface area contributed by atoms with E-state index in [1.165, 1.54) is 30.4 Å². The second-order valence-corrected chi connectivity index (χ2v) is 7.49. The lowest BCUT2D eigenvalue weighted by Crippen LogP contribution is -2.39. The summed E-state index contributed by atoms with van der Waals surface area (Å²) in [6.45, 7) is 4.40. The molecule has 1 aromatic carbocycles. The number of rotatable bonds is 1. The van der Waals surface area contributed by atoms with Crippen LogP contribution in [-0.4, -0.2) is 5.11 Å². The lowest BCUT2D eigenvalue weighted by atomic mass is 9.55. The molecule has 3 aliphatic carbocycles. The van der Waals surface area contributed by atoms with Crippen molar-refractivity contribution in [3.63, 3.8) is 0 Å². The van der Waals surface area contributed by atoms with Crippen LogP contribution in [-0.2, 0) is 0 Å². The van der Waals surface area contributed by atoms with Crippen molar-refractivity contribution >= 4 is 6.08 Å². The Balaban J connectivity index is 1.67. The average Bonchev–Trinajstić information content (AvgIpc) is 2.89. The van der Waals surface area contributed by atoms with Crippen molar-refractivity contribution in [2.45, 2.75) is 45.4 Å². The topological polar surface area (TPSA) is 20.2 Å². The number of hydrogen-bond donors (Lipinski definition) is 1. The highest BCUT2D eigenvalue weighted by Gasteiger charge is 2.50. The number of aromatic hydroxyl groups is 1. The molecular weight excluding hydrogens is 280 g/mol. The molecule has 0 amide bonds. The largest absolute Gasteiger partial charge is 0.508 e. The Labute approximate surface area is 139 Å². The standard InChI is InChI=1S/C22H24O/c1-3-4-5-16-7-11-21-20-9-6-15-14-17(23)8-10-18(15)19(20)12-13-22(16,21)2/h6-10,14,19-21,23H,5,11-13H2,1-2H3/t19-,20-,21+,22-/m1/s1. The lowest BCUT2D eigenvalue weighted by Gasteiger charge is -2.48. The smallest absolute Gasteiger partial charge is 0.116 e. The van der Waals surface area contributed by atoms with Gasteiger partial charge in [0.25, 0.3) is 0 Å². The van der Waals surface area contributed by atoms with Gasteiger partial charge in [-0.3, -0.25) is 0 Å². The molecule has 0 radical (unpaired) electrons. The highest BCUT2D eigenvalue weighted by Crippen LogP contribution is 2.60. The number of fused-ring (bicyclic) bond motifs is 5. The van der Waals surface area contributed by atoms with Gasteiger partial charge in [-0.05, 0) is 72.6 Å². The molecule has 0 aromatic heterocycles. The molecule has 0 unspecified atom stereocenters. The van der Waals surface area contributed by atoms with Crippen molar-refractivity contribution in [3.8, 4) is 17.6 Å². The number of phenolic OH excluding ortho intramolecular Hbond substituents is 1. The molecule has 118 valence electrons. The van der Waals surface area contributed by atoms with Crippen molar-refractivity contribution < 1.29 is 5.11 Å². The minimum absolute atomic E-state index is 0.323. The number of benzene rings is 1. The third kappa shape index (κ3) is 2.16. The third-order valence-corrected chi connectivity index (χ3v) is 6.50. The fourth-order valence-corrected chi connectivity index (χ4v) is 5.20. The maximum atomic E-state index is 9.74. The Kier molecular flexibility index (Phi) is 3.38. The summed E-state index contributed by atoms with van der Waals surface area (Å²) in [5.74, 6) is 8.63. The van der Waals surface area contributed by atoms with E-state index >= 15 is 0 Å². The first-order chi connectivity index (χ1) is 11.1. The van der Waals surface area contributed by atoms with Gasteiger partial charge in [0.1, 0.15) is 5.75 Å². The average molecular weight is 304 g/mol. The van der Waals surface area contributed by atoms with E-state index in [2.05, 4.69) is 43.1 Å². The molecule has 4 atom stereocenters. The lowest BCUT2D eigenvalue weighted by molar-refractivity contribution is 0.113. The monoisotopic (exact) mass is 304 g/mol. The summed E-state index contributed by atoms with van der Waals surface area (Å²) in [5, 5.41) is 9.74. The molecule has 1 N–H and O–H groups in total. The third-order valence-electron chi connectivity index (χ3n) is 6.50.